The number of para-hydroxylation sites is 2. The highest BCUT2D eigenvalue weighted by molar-refractivity contribution is 6.09. The second-order valence-electron chi connectivity index (χ2n) is 5.18. The Balaban J connectivity index is 2.47. The van der Waals surface area contributed by atoms with Crippen molar-refractivity contribution in [1.82, 2.24) is 4.98 Å². The zero-order valence-electron chi connectivity index (χ0n) is 13.0. The number of hydrogen-bond acceptors (Lipinski definition) is 3. The Kier molecular flexibility index (Phi) is 3.98. The number of carbonyl (C=O) groups is 1. The number of hydrogen-bond donors (Lipinski definition) is 1. The van der Waals surface area contributed by atoms with Crippen LogP contribution in [-0.4, -0.2) is 23.2 Å². The third-order valence-electron chi connectivity index (χ3n) is 3.89. The molecule has 116 valence electrons. The molecule has 23 heavy (non-hydrogen) atoms. The third kappa shape index (κ3) is 2.52. The summed E-state index contributed by atoms with van der Waals surface area (Å²) in [6, 6.07) is 14.8. The number of rotatable bonds is 4. The zero-order chi connectivity index (χ0) is 16.4. The molecule has 4 heteroatoms. The van der Waals surface area contributed by atoms with Gasteiger partial charge in [0.25, 0.3) is 0 Å². The molecule has 0 amide bonds. The molecular weight excluding hydrogens is 290 g/mol. The molecule has 0 fully saturated rings. The molecule has 0 atom stereocenters. The number of ether oxygens (including phenoxy) is 1. The molecule has 0 bridgehead atoms. The number of benzene rings is 2. The van der Waals surface area contributed by atoms with E-state index in [1.54, 1.807) is 13.2 Å². The van der Waals surface area contributed by atoms with E-state index < -0.39 is 5.97 Å². The average Bonchev–Trinajstić information content (AvgIpc) is 2.59. The molecule has 0 unspecified atom stereocenters. The van der Waals surface area contributed by atoms with E-state index in [1.807, 2.05) is 49.4 Å². The molecule has 0 aliphatic rings. The average molecular weight is 307 g/mol. The highest BCUT2D eigenvalue weighted by atomic mass is 16.5. The number of methoxy groups -OCH3 is 1. The van der Waals surface area contributed by atoms with Gasteiger partial charge in [-0.15, -0.1) is 0 Å². The van der Waals surface area contributed by atoms with Crippen molar-refractivity contribution in [1.29, 1.82) is 0 Å². The summed E-state index contributed by atoms with van der Waals surface area (Å²) in [4.78, 5) is 16.7. The van der Waals surface area contributed by atoms with Crippen LogP contribution in [-0.2, 0) is 6.42 Å². The molecule has 0 radical (unpaired) electrons. The van der Waals surface area contributed by atoms with Gasteiger partial charge in [0.05, 0.1) is 18.2 Å². The number of aromatic carboxylic acids is 1. The van der Waals surface area contributed by atoms with Gasteiger partial charge >= 0.3 is 5.97 Å². The fraction of sp³-hybridized carbons (Fsp3) is 0.158. The van der Waals surface area contributed by atoms with Gasteiger partial charge in [0.2, 0.25) is 0 Å². The normalized spacial score (nSPS) is 10.7. The van der Waals surface area contributed by atoms with Crippen LogP contribution in [0.15, 0.2) is 48.5 Å². The first-order valence-electron chi connectivity index (χ1n) is 7.45. The van der Waals surface area contributed by atoms with Gasteiger partial charge in [0.1, 0.15) is 5.75 Å². The quantitative estimate of drug-likeness (QED) is 0.786. The van der Waals surface area contributed by atoms with E-state index in [2.05, 4.69) is 4.98 Å². The van der Waals surface area contributed by atoms with E-state index in [0.717, 1.165) is 11.3 Å². The third-order valence-corrected chi connectivity index (χ3v) is 3.89. The summed E-state index contributed by atoms with van der Waals surface area (Å²) in [5.41, 5.74) is 3.11. The molecule has 0 aliphatic carbocycles. The maximum Gasteiger partial charge on any atom is 0.337 e. The van der Waals surface area contributed by atoms with Crippen molar-refractivity contribution in [3.63, 3.8) is 0 Å². The first-order valence-corrected chi connectivity index (χ1v) is 7.45. The van der Waals surface area contributed by atoms with Crippen molar-refractivity contribution in [2.75, 3.05) is 7.11 Å². The number of carboxylic acid groups (broad SMARTS) is 1. The molecule has 1 aromatic heterocycles. The highest BCUT2D eigenvalue weighted by Gasteiger charge is 2.22. The summed E-state index contributed by atoms with van der Waals surface area (Å²) in [6.07, 6.45) is 0.637. The molecule has 2 aromatic carbocycles. The summed E-state index contributed by atoms with van der Waals surface area (Å²) >= 11 is 0. The molecule has 0 saturated carbocycles. The fourth-order valence-corrected chi connectivity index (χ4v) is 2.88. The van der Waals surface area contributed by atoms with E-state index in [1.165, 1.54) is 0 Å². The second kappa shape index (κ2) is 6.08. The van der Waals surface area contributed by atoms with E-state index in [9.17, 15) is 9.90 Å². The summed E-state index contributed by atoms with van der Waals surface area (Å²) in [7, 11) is 1.58. The number of carboxylic acids is 1. The van der Waals surface area contributed by atoms with Gasteiger partial charge < -0.3 is 9.84 Å². The summed E-state index contributed by atoms with van der Waals surface area (Å²) in [5.74, 6) is -0.319. The Morgan fingerprint density at radius 1 is 1.13 bits per heavy atom. The highest BCUT2D eigenvalue weighted by Crippen LogP contribution is 2.37. The molecular formula is C19H17NO3. The van der Waals surface area contributed by atoms with Gasteiger partial charge in [-0.3, -0.25) is 4.98 Å². The predicted octanol–water partition coefficient (Wildman–Crippen LogP) is 4.17. The molecule has 0 saturated heterocycles. The molecule has 0 aliphatic heterocycles. The fourth-order valence-electron chi connectivity index (χ4n) is 2.88. The van der Waals surface area contributed by atoms with Gasteiger partial charge in [-0.1, -0.05) is 43.3 Å². The Morgan fingerprint density at radius 2 is 1.83 bits per heavy atom. The molecule has 4 nitrogen and oxygen atoms in total. The smallest absolute Gasteiger partial charge is 0.337 e. The molecule has 1 heterocycles. The minimum atomic E-state index is -0.959. The van der Waals surface area contributed by atoms with Gasteiger partial charge in [-0.05, 0) is 18.6 Å². The Morgan fingerprint density at radius 3 is 2.52 bits per heavy atom. The monoisotopic (exact) mass is 307 g/mol. The molecule has 0 spiro atoms. The van der Waals surface area contributed by atoms with Gasteiger partial charge in [-0.25, -0.2) is 4.79 Å². The maximum absolute atomic E-state index is 12.0. The lowest BCUT2D eigenvalue weighted by Gasteiger charge is -2.16. The van der Waals surface area contributed by atoms with Crippen LogP contribution in [0.2, 0.25) is 0 Å². The van der Waals surface area contributed by atoms with E-state index in [-0.39, 0.29) is 5.56 Å². The van der Waals surface area contributed by atoms with Crippen LogP contribution in [0.25, 0.3) is 22.0 Å². The lowest BCUT2D eigenvalue weighted by molar-refractivity contribution is 0.0699. The summed E-state index contributed by atoms with van der Waals surface area (Å²) in [6.45, 7) is 1.97. The van der Waals surface area contributed by atoms with Crippen LogP contribution < -0.4 is 4.74 Å². The number of aromatic nitrogens is 1. The van der Waals surface area contributed by atoms with Crippen LogP contribution in [0.4, 0.5) is 0 Å². The summed E-state index contributed by atoms with van der Waals surface area (Å²) < 4.78 is 5.43. The van der Waals surface area contributed by atoms with Gasteiger partial charge in [0.15, 0.2) is 0 Å². The van der Waals surface area contributed by atoms with Crippen molar-refractivity contribution in [3.8, 4) is 16.9 Å². The van der Waals surface area contributed by atoms with Gasteiger partial charge in [-0.2, -0.15) is 0 Å². The van der Waals surface area contributed by atoms with E-state index >= 15 is 0 Å². The van der Waals surface area contributed by atoms with Gasteiger partial charge in [0, 0.05) is 22.2 Å². The predicted molar refractivity (Wildman–Crippen MR) is 90.1 cm³/mol. The number of fused-ring (bicyclic) bond motifs is 1. The zero-order valence-corrected chi connectivity index (χ0v) is 13.0. The van der Waals surface area contributed by atoms with E-state index in [4.69, 9.17) is 4.74 Å². The molecule has 3 rings (SSSR count). The SMILES string of the molecule is CCc1nc2ccccc2c(C(=O)O)c1-c1ccccc1OC. The standard InChI is InChI=1S/C19H17NO3/c1-3-14-17(13-9-5-7-11-16(13)23-2)18(19(21)22)12-8-4-6-10-15(12)20-14/h4-11H,3H2,1-2H3,(H,21,22). The van der Waals surface area contributed by atoms with Crippen LogP contribution >= 0.6 is 0 Å². The summed E-state index contributed by atoms with van der Waals surface area (Å²) in [5, 5.41) is 10.5. The largest absolute Gasteiger partial charge is 0.496 e. The Hall–Kier alpha value is -2.88. The first kappa shape index (κ1) is 15.0. The lowest BCUT2D eigenvalue weighted by atomic mass is 9.93. The Labute approximate surface area is 134 Å². The number of nitrogens with zero attached hydrogens (tertiary/aromatic N) is 1. The van der Waals surface area contributed by atoms with Crippen LogP contribution in [0, 0.1) is 0 Å². The van der Waals surface area contributed by atoms with Crippen molar-refractivity contribution in [3.05, 3.63) is 59.8 Å². The van der Waals surface area contributed by atoms with Crippen LogP contribution in [0.1, 0.15) is 23.0 Å². The maximum atomic E-state index is 12.0. The van der Waals surface area contributed by atoms with Crippen molar-refractivity contribution < 1.29 is 14.6 Å². The molecule has 3 aromatic rings. The minimum absolute atomic E-state index is 0.275. The van der Waals surface area contributed by atoms with Crippen molar-refractivity contribution in [2.45, 2.75) is 13.3 Å². The molecule has 1 N–H and O–H groups in total. The Bertz CT molecular complexity index is 887. The number of aryl methyl sites for hydroxylation is 1. The van der Waals surface area contributed by atoms with Crippen molar-refractivity contribution >= 4 is 16.9 Å². The lowest BCUT2D eigenvalue weighted by Crippen LogP contribution is -2.07. The van der Waals surface area contributed by atoms with Crippen molar-refractivity contribution in [2.24, 2.45) is 0 Å². The minimum Gasteiger partial charge on any atom is -0.496 e. The topological polar surface area (TPSA) is 59.4 Å². The van der Waals surface area contributed by atoms with Crippen LogP contribution in [0.5, 0.6) is 5.75 Å². The van der Waals surface area contributed by atoms with Crippen LogP contribution in [0.3, 0.4) is 0 Å². The van der Waals surface area contributed by atoms with E-state index in [0.29, 0.717) is 28.6 Å². The second-order valence-corrected chi connectivity index (χ2v) is 5.18. The number of pyridine rings is 1. The first-order chi connectivity index (χ1) is 11.2.